The molecule has 0 spiro atoms. The Morgan fingerprint density at radius 3 is 2.68 bits per heavy atom. The van der Waals surface area contributed by atoms with Gasteiger partial charge < -0.3 is 9.84 Å². The number of carbonyl (C=O) groups is 3. The number of thioether (sulfide) groups is 1. The maximum atomic E-state index is 12.9. The zero-order chi connectivity index (χ0) is 20.3. The van der Waals surface area contributed by atoms with Crippen LogP contribution in [0.4, 0.5) is 5.69 Å². The lowest BCUT2D eigenvalue weighted by atomic mass is 10.1. The maximum absolute atomic E-state index is 12.9. The molecule has 1 N–H and O–H groups in total. The van der Waals surface area contributed by atoms with Crippen molar-refractivity contribution < 1.29 is 24.2 Å². The summed E-state index contributed by atoms with van der Waals surface area (Å²) < 4.78 is 5.62. The number of thiocarbonyl (C=S) groups is 1. The summed E-state index contributed by atoms with van der Waals surface area (Å²) in [6.07, 6.45) is 1.62. The van der Waals surface area contributed by atoms with Gasteiger partial charge in [0, 0.05) is 11.1 Å². The molecule has 0 aromatic heterocycles. The van der Waals surface area contributed by atoms with Crippen molar-refractivity contribution in [2.45, 2.75) is 6.92 Å². The molecule has 1 heterocycles. The van der Waals surface area contributed by atoms with Crippen LogP contribution in [0.3, 0.4) is 0 Å². The van der Waals surface area contributed by atoms with Gasteiger partial charge >= 0.3 is 5.97 Å². The fourth-order valence-corrected chi connectivity index (χ4v) is 3.86. The zero-order valence-corrected chi connectivity index (χ0v) is 16.4. The predicted molar refractivity (Wildman–Crippen MR) is 112 cm³/mol. The van der Waals surface area contributed by atoms with Crippen molar-refractivity contribution in [3.63, 3.8) is 0 Å². The summed E-state index contributed by atoms with van der Waals surface area (Å²) >= 11 is 6.48. The van der Waals surface area contributed by atoms with Gasteiger partial charge in [0.1, 0.15) is 5.75 Å². The quantitative estimate of drug-likeness (QED) is 0.438. The van der Waals surface area contributed by atoms with Gasteiger partial charge in [-0.05, 0) is 31.2 Å². The minimum absolute atomic E-state index is 0.104. The van der Waals surface area contributed by atoms with Crippen molar-refractivity contribution in [1.82, 2.24) is 0 Å². The molecule has 1 aliphatic rings. The molecule has 1 saturated heterocycles. The summed E-state index contributed by atoms with van der Waals surface area (Å²) in [5.74, 6) is -1.16. The van der Waals surface area contributed by atoms with E-state index in [2.05, 4.69) is 0 Å². The molecule has 1 fully saturated rings. The molecule has 6 nitrogen and oxygen atoms in total. The van der Waals surface area contributed by atoms with E-state index in [0.717, 1.165) is 11.8 Å². The summed E-state index contributed by atoms with van der Waals surface area (Å²) in [6, 6.07) is 13.5. The highest BCUT2D eigenvalue weighted by atomic mass is 32.2. The number of anilines is 1. The SMILES string of the molecule is CC(=O)c1cccc(N2C(=O)/C(=C\c3ccccc3OCC(=O)O)SC2=S)c1. The van der Waals surface area contributed by atoms with Crippen LogP contribution in [0.1, 0.15) is 22.8 Å². The molecule has 0 atom stereocenters. The third-order valence-electron chi connectivity index (χ3n) is 3.86. The van der Waals surface area contributed by atoms with Crippen LogP contribution in [0.25, 0.3) is 6.08 Å². The number of aliphatic carboxylic acids is 1. The first kappa shape index (κ1) is 19.8. The summed E-state index contributed by atoms with van der Waals surface area (Å²) in [6.45, 7) is 0.973. The van der Waals surface area contributed by atoms with E-state index in [4.69, 9.17) is 22.1 Å². The molecule has 1 aliphatic heterocycles. The summed E-state index contributed by atoms with van der Waals surface area (Å²) in [5, 5.41) is 8.80. The highest BCUT2D eigenvalue weighted by molar-refractivity contribution is 8.27. The van der Waals surface area contributed by atoms with E-state index in [1.807, 2.05) is 0 Å². The van der Waals surface area contributed by atoms with Gasteiger partial charge in [0.25, 0.3) is 5.91 Å². The molecule has 0 unspecified atom stereocenters. The van der Waals surface area contributed by atoms with Crippen molar-refractivity contribution in [3.05, 3.63) is 64.6 Å². The van der Waals surface area contributed by atoms with Gasteiger partial charge in [-0.2, -0.15) is 0 Å². The van der Waals surface area contributed by atoms with Gasteiger partial charge in [-0.3, -0.25) is 14.5 Å². The molecule has 0 aliphatic carbocycles. The minimum Gasteiger partial charge on any atom is -0.481 e. The number of ether oxygens (including phenoxy) is 1. The summed E-state index contributed by atoms with van der Waals surface area (Å²) in [7, 11) is 0. The summed E-state index contributed by atoms with van der Waals surface area (Å²) in [4.78, 5) is 37.0. The Labute approximate surface area is 170 Å². The number of nitrogens with zero attached hydrogens (tertiary/aromatic N) is 1. The summed E-state index contributed by atoms with van der Waals surface area (Å²) in [5.41, 5.74) is 1.58. The largest absolute Gasteiger partial charge is 0.481 e. The van der Waals surface area contributed by atoms with E-state index in [0.29, 0.717) is 31.8 Å². The van der Waals surface area contributed by atoms with Crippen LogP contribution < -0.4 is 9.64 Å². The zero-order valence-electron chi connectivity index (χ0n) is 14.7. The standard InChI is InChI=1S/C20H15NO5S2/c1-12(22)13-6-4-7-15(9-13)21-19(25)17(28-20(21)27)10-14-5-2-3-8-16(14)26-11-18(23)24/h2-10H,11H2,1H3,(H,23,24)/b17-10+. The second kappa shape index (κ2) is 8.37. The smallest absolute Gasteiger partial charge is 0.341 e. The predicted octanol–water partition coefficient (Wildman–Crippen LogP) is 3.76. The Balaban J connectivity index is 1.91. The number of carbonyl (C=O) groups excluding carboxylic acids is 2. The highest BCUT2D eigenvalue weighted by Gasteiger charge is 2.33. The number of carboxylic acids is 1. The van der Waals surface area contributed by atoms with Gasteiger partial charge in [0.05, 0.1) is 10.6 Å². The molecular weight excluding hydrogens is 398 g/mol. The van der Waals surface area contributed by atoms with Gasteiger partial charge in [-0.15, -0.1) is 0 Å². The van der Waals surface area contributed by atoms with E-state index >= 15 is 0 Å². The average molecular weight is 413 g/mol. The molecular formula is C20H15NO5S2. The van der Waals surface area contributed by atoms with Crippen LogP contribution in [0.2, 0.25) is 0 Å². The van der Waals surface area contributed by atoms with Crippen LogP contribution >= 0.6 is 24.0 Å². The molecule has 28 heavy (non-hydrogen) atoms. The van der Waals surface area contributed by atoms with Gasteiger partial charge in [0.15, 0.2) is 16.7 Å². The molecule has 0 bridgehead atoms. The lowest BCUT2D eigenvalue weighted by Crippen LogP contribution is -2.27. The first-order valence-corrected chi connectivity index (χ1v) is 9.42. The molecule has 8 heteroatoms. The lowest BCUT2D eigenvalue weighted by Gasteiger charge is -2.15. The van der Waals surface area contributed by atoms with Gasteiger partial charge in [0.2, 0.25) is 0 Å². The van der Waals surface area contributed by atoms with Crippen LogP contribution in [0, 0.1) is 0 Å². The third kappa shape index (κ3) is 4.29. The normalized spacial score (nSPS) is 15.2. The van der Waals surface area contributed by atoms with Crippen molar-refractivity contribution >= 4 is 57.7 Å². The Bertz CT molecular complexity index is 1020. The number of para-hydroxylation sites is 1. The van der Waals surface area contributed by atoms with Crippen molar-refractivity contribution in [1.29, 1.82) is 0 Å². The van der Waals surface area contributed by atoms with Crippen LogP contribution in [-0.2, 0) is 9.59 Å². The Hall–Kier alpha value is -2.97. The first-order valence-electron chi connectivity index (χ1n) is 8.19. The average Bonchev–Trinajstić information content (AvgIpc) is 2.94. The number of rotatable bonds is 6. The number of hydrogen-bond acceptors (Lipinski definition) is 6. The van der Waals surface area contributed by atoms with E-state index in [9.17, 15) is 14.4 Å². The minimum atomic E-state index is -1.09. The Kier molecular flexibility index (Phi) is 5.91. The fourth-order valence-electron chi connectivity index (χ4n) is 2.57. The van der Waals surface area contributed by atoms with Crippen molar-refractivity contribution in [2.75, 3.05) is 11.5 Å². The van der Waals surface area contributed by atoms with Gasteiger partial charge in [-0.25, -0.2) is 4.79 Å². The number of ketones is 1. The topological polar surface area (TPSA) is 83.9 Å². The molecule has 1 amide bonds. The van der Waals surface area contributed by atoms with Crippen LogP contribution in [-0.4, -0.2) is 33.7 Å². The van der Waals surface area contributed by atoms with E-state index in [1.54, 1.807) is 54.6 Å². The number of carboxylic acid groups (broad SMARTS) is 1. The number of hydrogen-bond donors (Lipinski definition) is 1. The molecule has 2 aromatic carbocycles. The van der Waals surface area contributed by atoms with Gasteiger partial charge in [-0.1, -0.05) is 54.3 Å². The lowest BCUT2D eigenvalue weighted by molar-refractivity contribution is -0.139. The van der Waals surface area contributed by atoms with E-state index in [-0.39, 0.29) is 11.7 Å². The van der Waals surface area contributed by atoms with E-state index < -0.39 is 12.6 Å². The Morgan fingerprint density at radius 2 is 1.96 bits per heavy atom. The number of benzene rings is 2. The van der Waals surface area contributed by atoms with Crippen LogP contribution in [0.15, 0.2) is 53.4 Å². The molecule has 2 aromatic rings. The van der Waals surface area contributed by atoms with E-state index in [1.165, 1.54) is 11.8 Å². The monoisotopic (exact) mass is 413 g/mol. The maximum Gasteiger partial charge on any atom is 0.341 e. The second-order valence-electron chi connectivity index (χ2n) is 5.84. The number of amides is 1. The number of Topliss-reactive ketones (excluding diaryl/α,β-unsaturated/α-hetero) is 1. The highest BCUT2D eigenvalue weighted by Crippen LogP contribution is 2.37. The molecule has 142 valence electrons. The molecule has 0 saturated carbocycles. The van der Waals surface area contributed by atoms with Crippen molar-refractivity contribution in [2.24, 2.45) is 0 Å². The van der Waals surface area contributed by atoms with Crippen molar-refractivity contribution in [3.8, 4) is 5.75 Å². The fraction of sp³-hybridized carbons (Fsp3) is 0.100. The molecule has 3 rings (SSSR count). The first-order chi connectivity index (χ1) is 13.4. The second-order valence-corrected chi connectivity index (χ2v) is 7.52. The Morgan fingerprint density at radius 1 is 1.21 bits per heavy atom. The molecule has 0 radical (unpaired) electrons. The van der Waals surface area contributed by atoms with Crippen LogP contribution in [0.5, 0.6) is 5.75 Å². The third-order valence-corrected chi connectivity index (χ3v) is 5.16.